The number of nitrogens with zero attached hydrogens (tertiary/aromatic N) is 4. The standard InChI is InChI=1S/C24H23N5O2/c1-17-23-25-15-22(27-24(30)19-5-3-2-4-6-19)29(23)16-21(26-17)18-7-9-20(10-8-18)28-11-13-31-14-12-28/h2-10,15-16H,11-14H2,1H3,(H,27,30). The number of aryl methyl sites for hydroxylation is 1. The van der Waals surface area contributed by atoms with Crippen molar-refractivity contribution in [1.82, 2.24) is 14.4 Å². The molecule has 5 rings (SSSR count). The number of nitrogens with one attached hydrogen (secondary N) is 1. The lowest BCUT2D eigenvalue weighted by molar-refractivity contribution is 0.102. The zero-order valence-corrected chi connectivity index (χ0v) is 17.3. The fourth-order valence-electron chi connectivity index (χ4n) is 3.82. The molecule has 2 aromatic carbocycles. The smallest absolute Gasteiger partial charge is 0.256 e. The average Bonchev–Trinajstić information content (AvgIpc) is 3.23. The summed E-state index contributed by atoms with van der Waals surface area (Å²) in [4.78, 5) is 24.1. The molecule has 0 radical (unpaired) electrons. The Morgan fingerprint density at radius 2 is 1.77 bits per heavy atom. The van der Waals surface area contributed by atoms with Crippen molar-refractivity contribution < 1.29 is 9.53 Å². The van der Waals surface area contributed by atoms with E-state index in [1.54, 1.807) is 18.3 Å². The molecule has 1 amide bonds. The lowest BCUT2D eigenvalue weighted by Gasteiger charge is -2.28. The zero-order valence-electron chi connectivity index (χ0n) is 17.3. The van der Waals surface area contributed by atoms with E-state index in [1.807, 2.05) is 35.7 Å². The molecule has 31 heavy (non-hydrogen) atoms. The highest BCUT2D eigenvalue weighted by molar-refractivity contribution is 6.03. The highest BCUT2D eigenvalue weighted by atomic mass is 16.5. The van der Waals surface area contributed by atoms with Crippen LogP contribution in [-0.4, -0.2) is 46.6 Å². The maximum atomic E-state index is 12.6. The quantitative estimate of drug-likeness (QED) is 0.551. The largest absolute Gasteiger partial charge is 0.378 e. The minimum absolute atomic E-state index is 0.173. The minimum atomic E-state index is -0.173. The van der Waals surface area contributed by atoms with Gasteiger partial charge < -0.3 is 15.0 Å². The number of hydrogen-bond donors (Lipinski definition) is 1. The van der Waals surface area contributed by atoms with Crippen LogP contribution in [0.3, 0.4) is 0 Å². The van der Waals surface area contributed by atoms with Crippen LogP contribution in [0.4, 0.5) is 11.5 Å². The fraction of sp³-hybridized carbons (Fsp3) is 0.208. The average molecular weight is 413 g/mol. The van der Waals surface area contributed by atoms with Gasteiger partial charge in [-0.3, -0.25) is 9.20 Å². The molecule has 1 N–H and O–H groups in total. The van der Waals surface area contributed by atoms with Crippen molar-refractivity contribution in [2.24, 2.45) is 0 Å². The summed E-state index contributed by atoms with van der Waals surface area (Å²) in [6.07, 6.45) is 3.58. The first kappa shape index (κ1) is 19.3. The van der Waals surface area contributed by atoms with E-state index in [4.69, 9.17) is 9.72 Å². The molecule has 0 atom stereocenters. The van der Waals surface area contributed by atoms with Gasteiger partial charge in [0.25, 0.3) is 5.91 Å². The van der Waals surface area contributed by atoms with Gasteiger partial charge in [-0.25, -0.2) is 9.97 Å². The Balaban J connectivity index is 1.44. The van der Waals surface area contributed by atoms with Crippen molar-refractivity contribution in [3.8, 4) is 11.3 Å². The van der Waals surface area contributed by atoms with Crippen LogP contribution in [0.15, 0.2) is 67.0 Å². The van der Waals surface area contributed by atoms with Crippen molar-refractivity contribution in [3.63, 3.8) is 0 Å². The molecule has 3 heterocycles. The molecule has 1 saturated heterocycles. The Kier molecular flexibility index (Phi) is 5.09. The maximum Gasteiger partial charge on any atom is 0.256 e. The first-order valence-electron chi connectivity index (χ1n) is 10.3. The number of imidazole rings is 1. The third-order valence-electron chi connectivity index (χ3n) is 5.48. The summed E-state index contributed by atoms with van der Waals surface area (Å²) in [6, 6.07) is 17.5. The Morgan fingerprint density at radius 3 is 2.52 bits per heavy atom. The van der Waals surface area contributed by atoms with Crippen molar-refractivity contribution in [1.29, 1.82) is 0 Å². The molecule has 1 aliphatic heterocycles. The Hall–Kier alpha value is -3.71. The van der Waals surface area contributed by atoms with E-state index >= 15 is 0 Å². The van der Waals surface area contributed by atoms with Gasteiger partial charge in [-0.2, -0.15) is 0 Å². The van der Waals surface area contributed by atoms with E-state index < -0.39 is 0 Å². The number of morpholine rings is 1. The second-order valence-corrected chi connectivity index (χ2v) is 7.52. The summed E-state index contributed by atoms with van der Waals surface area (Å²) in [5.74, 6) is 0.439. The molecule has 4 aromatic rings. The van der Waals surface area contributed by atoms with Crippen LogP contribution in [-0.2, 0) is 4.74 Å². The van der Waals surface area contributed by atoms with E-state index in [0.717, 1.165) is 48.9 Å². The van der Waals surface area contributed by atoms with E-state index in [0.29, 0.717) is 11.4 Å². The summed E-state index contributed by atoms with van der Waals surface area (Å²) in [6.45, 7) is 5.26. The number of fused-ring (bicyclic) bond motifs is 1. The Morgan fingerprint density at radius 1 is 1.03 bits per heavy atom. The van der Waals surface area contributed by atoms with Crippen LogP contribution in [0.2, 0.25) is 0 Å². The molecule has 1 aliphatic rings. The molecular weight excluding hydrogens is 390 g/mol. The van der Waals surface area contributed by atoms with Gasteiger partial charge in [0, 0.05) is 36.1 Å². The van der Waals surface area contributed by atoms with Gasteiger partial charge in [0.1, 0.15) is 5.82 Å². The molecule has 0 unspecified atom stereocenters. The van der Waals surface area contributed by atoms with Gasteiger partial charge in [-0.15, -0.1) is 0 Å². The molecule has 0 bridgehead atoms. The number of aromatic nitrogens is 3. The van der Waals surface area contributed by atoms with Crippen LogP contribution in [0, 0.1) is 6.92 Å². The molecule has 7 nitrogen and oxygen atoms in total. The zero-order chi connectivity index (χ0) is 21.2. The van der Waals surface area contributed by atoms with Crippen molar-refractivity contribution >= 4 is 23.1 Å². The number of hydrogen-bond acceptors (Lipinski definition) is 5. The second-order valence-electron chi connectivity index (χ2n) is 7.52. The van der Waals surface area contributed by atoms with Crippen molar-refractivity contribution in [2.75, 3.05) is 36.5 Å². The highest BCUT2D eigenvalue weighted by Gasteiger charge is 2.14. The lowest BCUT2D eigenvalue weighted by atomic mass is 10.1. The summed E-state index contributed by atoms with van der Waals surface area (Å²) in [5.41, 5.74) is 5.14. The second kappa shape index (κ2) is 8.20. The van der Waals surface area contributed by atoms with E-state index in [9.17, 15) is 4.79 Å². The van der Waals surface area contributed by atoms with Gasteiger partial charge in [0.05, 0.1) is 30.8 Å². The maximum absolute atomic E-state index is 12.6. The minimum Gasteiger partial charge on any atom is -0.378 e. The molecule has 1 fully saturated rings. The molecule has 0 aliphatic carbocycles. The summed E-state index contributed by atoms with van der Waals surface area (Å²) < 4.78 is 7.32. The number of ether oxygens (including phenoxy) is 1. The fourth-order valence-corrected chi connectivity index (χ4v) is 3.82. The first-order chi connectivity index (χ1) is 15.2. The van der Waals surface area contributed by atoms with Crippen LogP contribution < -0.4 is 10.2 Å². The number of amides is 1. The summed E-state index contributed by atoms with van der Waals surface area (Å²) in [7, 11) is 0. The highest BCUT2D eigenvalue weighted by Crippen LogP contribution is 2.25. The normalized spacial score (nSPS) is 14.0. The molecular formula is C24H23N5O2. The van der Waals surface area contributed by atoms with Gasteiger partial charge in [-0.1, -0.05) is 30.3 Å². The third-order valence-corrected chi connectivity index (χ3v) is 5.48. The van der Waals surface area contributed by atoms with Crippen LogP contribution in [0.1, 0.15) is 16.1 Å². The Labute approximate surface area is 180 Å². The third kappa shape index (κ3) is 3.87. The monoisotopic (exact) mass is 413 g/mol. The predicted octanol–water partition coefficient (Wildman–Crippen LogP) is 3.79. The van der Waals surface area contributed by atoms with Gasteiger partial charge in [0.2, 0.25) is 0 Å². The first-order valence-corrected chi connectivity index (χ1v) is 10.3. The number of anilines is 2. The number of rotatable bonds is 4. The molecule has 0 saturated carbocycles. The summed E-state index contributed by atoms with van der Waals surface area (Å²) >= 11 is 0. The predicted molar refractivity (Wildman–Crippen MR) is 121 cm³/mol. The molecule has 7 heteroatoms. The van der Waals surface area contributed by atoms with E-state index in [1.165, 1.54) is 5.69 Å². The van der Waals surface area contributed by atoms with Crippen LogP contribution in [0.25, 0.3) is 16.9 Å². The van der Waals surface area contributed by atoms with Crippen LogP contribution >= 0.6 is 0 Å². The number of carbonyl (C=O) groups is 1. The Bertz CT molecular complexity index is 1210. The SMILES string of the molecule is Cc1nc(-c2ccc(N3CCOCC3)cc2)cn2c(NC(=O)c3ccccc3)cnc12. The molecule has 2 aromatic heterocycles. The van der Waals surface area contributed by atoms with E-state index in [-0.39, 0.29) is 5.91 Å². The van der Waals surface area contributed by atoms with E-state index in [2.05, 4.69) is 39.5 Å². The van der Waals surface area contributed by atoms with Crippen LogP contribution in [0.5, 0.6) is 0 Å². The number of carbonyl (C=O) groups excluding carboxylic acids is 1. The molecule has 156 valence electrons. The van der Waals surface area contributed by atoms with Crippen molar-refractivity contribution in [3.05, 3.63) is 78.2 Å². The summed E-state index contributed by atoms with van der Waals surface area (Å²) in [5, 5.41) is 2.95. The lowest BCUT2D eigenvalue weighted by Crippen LogP contribution is -2.36. The van der Waals surface area contributed by atoms with Gasteiger partial charge in [-0.05, 0) is 31.2 Å². The van der Waals surface area contributed by atoms with Gasteiger partial charge >= 0.3 is 0 Å². The molecule has 0 spiro atoms. The topological polar surface area (TPSA) is 71.8 Å². The number of benzene rings is 2. The van der Waals surface area contributed by atoms with Gasteiger partial charge in [0.15, 0.2) is 5.65 Å². The van der Waals surface area contributed by atoms with Crippen molar-refractivity contribution in [2.45, 2.75) is 6.92 Å².